The van der Waals surface area contributed by atoms with E-state index in [2.05, 4.69) is 20.7 Å². The molecule has 1 aromatic carbocycles. The molecule has 0 aliphatic heterocycles. The van der Waals surface area contributed by atoms with Crippen molar-refractivity contribution >= 4 is 41.7 Å². The normalized spacial score (nSPS) is 11.1. The number of thioether (sulfide) groups is 1. The van der Waals surface area contributed by atoms with Crippen LogP contribution in [0.2, 0.25) is 0 Å². The molecule has 0 atom stereocenters. The van der Waals surface area contributed by atoms with Crippen molar-refractivity contribution < 1.29 is 4.39 Å². The van der Waals surface area contributed by atoms with Crippen LogP contribution in [0, 0.1) is 5.82 Å². The Labute approximate surface area is 163 Å². The van der Waals surface area contributed by atoms with Gasteiger partial charge in [-0.05, 0) is 29.5 Å². The van der Waals surface area contributed by atoms with Crippen LogP contribution in [0.3, 0.4) is 0 Å². The van der Waals surface area contributed by atoms with Crippen LogP contribution in [0.1, 0.15) is 16.7 Å². The molecule has 0 aliphatic carbocycles. The van der Waals surface area contributed by atoms with E-state index in [1.54, 1.807) is 29.6 Å². The molecule has 5 nitrogen and oxygen atoms in total. The fourth-order valence-electron chi connectivity index (χ4n) is 2.21. The third-order valence-electron chi connectivity index (χ3n) is 3.36. The fraction of sp³-hybridized carbons (Fsp3) is 0.375. The number of benzene rings is 1. The predicted molar refractivity (Wildman–Crippen MR) is 109 cm³/mol. The van der Waals surface area contributed by atoms with Crippen molar-refractivity contribution in [2.45, 2.75) is 18.8 Å². The summed E-state index contributed by atoms with van der Waals surface area (Å²) in [5.41, 5.74) is 3.16. The number of aryl methyl sites for hydroxylation is 1. The van der Waals surface area contributed by atoms with Gasteiger partial charge in [0.05, 0.1) is 6.20 Å². The molecule has 2 N–H and O–H groups in total. The molecule has 2 rings (SSSR count). The zero-order valence-corrected chi connectivity index (χ0v) is 17.2. The molecule has 0 saturated heterocycles. The first-order valence-electron chi connectivity index (χ1n) is 7.30. The van der Waals surface area contributed by atoms with Gasteiger partial charge in [0.1, 0.15) is 5.82 Å². The second-order valence-corrected chi connectivity index (χ2v) is 6.01. The zero-order valence-electron chi connectivity index (χ0n) is 14.0. The molecular formula is C16H23FIN5S. The third-order valence-corrected chi connectivity index (χ3v) is 3.96. The van der Waals surface area contributed by atoms with E-state index in [1.807, 2.05) is 31.8 Å². The molecule has 0 unspecified atom stereocenters. The molecule has 0 amide bonds. The first-order chi connectivity index (χ1) is 11.1. The fourth-order valence-corrected chi connectivity index (χ4v) is 2.79. The number of aliphatic imine (C=N–C) groups is 1. The van der Waals surface area contributed by atoms with E-state index in [9.17, 15) is 4.39 Å². The third kappa shape index (κ3) is 6.31. The van der Waals surface area contributed by atoms with E-state index in [1.165, 1.54) is 6.07 Å². The van der Waals surface area contributed by atoms with Gasteiger partial charge in [0.2, 0.25) is 0 Å². The Hall–Kier alpha value is -1.29. The first-order valence-corrected chi connectivity index (χ1v) is 8.70. The van der Waals surface area contributed by atoms with Crippen LogP contribution in [0.15, 0.2) is 35.6 Å². The Bertz CT molecular complexity index is 674. The van der Waals surface area contributed by atoms with Crippen molar-refractivity contribution in [3.05, 3.63) is 53.1 Å². The zero-order chi connectivity index (χ0) is 16.7. The SMILES string of the molecule is CN=C(NCc1cnn(C)c1)NCc1ccc(F)cc1CSC.I. The summed E-state index contributed by atoms with van der Waals surface area (Å²) in [6.45, 7) is 1.25. The van der Waals surface area contributed by atoms with Gasteiger partial charge in [0.25, 0.3) is 0 Å². The lowest BCUT2D eigenvalue weighted by atomic mass is 10.1. The molecular weight excluding hydrogens is 440 g/mol. The lowest BCUT2D eigenvalue weighted by Gasteiger charge is -2.13. The highest BCUT2D eigenvalue weighted by Gasteiger charge is 2.06. The summed E-state index contributed by atoms with van der Waals surface area (Å²) in [4.78, 5) is 4.21. The van der Waals surface area contributed by atoms with E-state index in [4.69, 9.17) is 0 Å². The van der Waals surface area contributed by atoms with E-state index in [0.29, 0.717) is 19.0 Å². The number of halogens is 2. The van der Waals surface area contributed by atoms with E-state index in [0.717, 1.165) is 22.4 Å². The summed E-state index contributed by atoms with van der Waals surface area (Å²) >= 11 is 1.68. The molecule has 1 heterocycles. The topological polar surface area (TPSA) is 54.2 Å². The van der Waals surface area contributed by atoms with Crippen LogP contribution in [0.5, 0.6) is 0 Å². The molecule has 8 heteroatoms. The van der Waals surface area contributed by atoms with Gasteiger partial charge >= 0.3 is 0 Å². The van der Waals surface area contributed by atoms with Crippen LogP contribution in [-0.2, 0) is 25.9 Å². The molecule has 132 valence electrons. The van der Waals surface area contributed by atoms with Crippen LogP contribution >= 0.6 is 35.7 Å². The van der Waals surface area contributed by atoms with Gasteiger partial charge in [-0.3, -0.25) is 9.67 Å². The minimum absolute atomic E-state index is 0. The number of nitrogens with one attached hydrogen (secondary N) is 2. The minimum Gasteiger partial charge on any atom is -0.352 e. The monoisotopic (exact) mass is 463 g/mol. The number of guanidine groups is 1. The number of hydrogen-bond donors (Lipinski definition) is 2. The number of hydrogen-bond acceptors (Lipinski definition) is 3. The molecule has 0 bridgehead atoms. The van der Waals surface area contributed by atoms with Gasteiger partial charge in [-0.15, -0.1) is 24.0 Å². The summed E-state index contributed by atoms with van der Waals surface area (Å²) in [7, 11) is 3.62. The lowest BCUT2D eigenvalue weighted by Crippen LogP contribution is -2.36. The molecule has 0 aliphatic rings. The van der Waals surface area contributed by atoms with E-state index < -0.39 is 0 Å². The van der Waals surface area contributed by atoms with Gasteiger partial charge in [-0.2, -0.15) is 16.9 Å². The van der Waals surface area contributed by atoms with Gasteiger partial charge in [-0.1, -0.05) is 6.07 Å². The average molecular weight is 463 g/mol. The molecule has 0 spiro atoms. The van der Waals surface area contributed by atoms with Crippen molar-refractivity contribution in [3.8, 4) is 0 Å². The molecule has 2 aromatic rings. The van der Waals surface area contributed by atoms with Crippen molar-refractivity contribution in [1.82, 2.24) is 20.4 Å². The summed E-state index contributed by atoms with van der Waals surface area (Å²) in [5, 5.41) is 10.6. The number of aromatic nitrogens is 2. The van der Waals surface area contributed by atoms with Crippen molar-refractivity contribution in [2.24, 2.45) is 12.0 Å². The lowest BCUT2D eigenvalue weighted by molar-refractivity contribution is 0.625. The molecule has 0 radical (unpaired) electrons. The van der Waals surface area contributed by atoms with Gasteiger partial charge in [0.15, 0.2) is 5.96 Å². The maximum Gasteiger partial charge on any atom is 0.191 e. The van der Waals surface area contributed by atoms with Gasteiger partial charge in [0, 0.05) is 44.7 Å². The standard InChI is InChI=1S/C16H22FN5S.HI/c1-18-16(19-7-12-8-21-22(2)10-12)20-9-13-4-5-15(17)6-14(13)11-23-3;/h4-6,8,10H,7,9,11H2,1-3H3,(H2,18,19,20);1H. The first kappa shape index (κ1) is 20.8. The van der Waals surface area contributed by atoms with Gasteiger partial charge < -0.3 is 10.6 Å². The highest BCUT2D eigenvalue weighted by molar-refractivity contribution is 14.0. The second-order valence-electron chi connectivity index (χ2n) is 5.15. The van der Waals surface area contributed by atoms with Crippen LogP contribution in [0.4, 0.5) is 4.39 Å². The summed E-state index contributed by atoms with van der Waals surface area (Å²) in [6, 6.07) is 4.91. The predicted octanol–water partition coefficient (Wildman–Crippen LogP) is 2.91. The Balaban J connectivity index is 0.00000288. The minimum atomic E-state index is -0.197. The largest absolute Gasteiger partial charge is 0.352 e. The van der Waals surface area contributed by atoms with Crippen LogP contribution in [0.25, 0.3) is 0 Å². The Morgan fingerprint density at radius 1 is 1.29 bits per heavy atom. The quantitative estimate of drug-likeness (QED) is 0.393. The smallest absolute Gasteiger partial charge is 0.191 e. The van der Waals surface area contributed by atoms with E-state index in [-0.39, 0.29) is 29.8 Å². The second kappa shape index (κ2) is 10.5. The van der Waals surface area contributed by atoms with Crippen molar-refractivity contribution in [3.63, 3.8) is 0 Å². The van der Waals surface area contributed by atoms with Crippen LogP contribution < -0.4 is 10.6 Å². The highest BCUT2D eigenvalue weighted by atomic mass is 127. The Morgan fingerprint density at radius 2 is 2.04 bits per heavy atom. The van der Waals surface area contributed by atoms with Crippen molar-refractivity contribution in [1.29, 1.82) is 0 Å². The maximum absolute atomic E-state index is 13.4. The Morgan fingerprint density at radius 3 is 2.67 bits per heavy atom. The molecule has 0 fully saturated rings. The summed E-state index contributed by atoms with van der Waals surface area (Å²) < 4.78 is 15.1. The van der Waals surface area contributed by atoms with Gasteiger partial charge in [-0.25, -0.2) is 4.39 Å². The number of nitrogens with zero attached hydrogens (tertiary/aromatic N) is 3. The van der Waals surface area contributed by atoms with Crippen LogP contribution in [-0.4, -0.2) is 29.0 Å². The average Bonchev–Trinajstić information content (AvgIpc) is 2.95. The summed E-state index contributed by atoms with van der Waals surface area (Å²) in [6.07, 6.45) is 5.78. The van der Waals surface area contributed by atoms with Crippen molar-refractivity contribution in [2.75, 3.05) is 13.3 Å². The molecule has 0 saturated carbocycles. The Kier molecular flexibility index (Phi) is 9.12. The molecule has 24 heavy (non-hydrogen) atoms. The highest BCUT2D eigenvalue weighted by Crippen LogP contribution is 2.16. The maximum atomic E-state index is 13.4. The van der Waals surface area contributed by atoms with E-state index >= 15 is 0 Å². The summed E-state index contributed by atoms with van der Waals surface area (Å²) in [5.74, 6) is 1.29. The molecule has 1 aromatic heterocycles. The number of rotatable bonds is 6.